The summed E-state index contributed by atoms with van der Waals surface area (Å²) in [4.78, 5) is 0. The highest BCUT2D eigenvalue weighted by molar-refractivity contribution is 5.50. The lowest BCUT2D eigenvalue weighted by Crippen LogP contribution is -2.28. The van der Waals surface area contributed by atoms with Gasteiger partial charge in [-0.25, -0.2) is 0 Å². The fourth-order valence-electron chi connectivity index (χ4n) is 3.63. The van der Waals surface area contributed by atoms with E-state index in [0.717, 1.165) is 35.8 Å². The molecule has 3 heteroatoms. The van der Waals surface area contributed by atoms with E-state index in [1.807, 2.05) is 0 Å². The molecule has 2 aliphatic rings. The summed E-state index contributed by atoms with van der Waals surface area (Å²) in [7, 11) is 0. The van der Waals surface area contributed by atoms with Crippen molar-refractivity contribution in [2.24, 2.45) is 11.8 Å². The van der Waals surface area contributed by atoms with E-state index < -0.39 is 0 Å². The zero-order valence-electron chi connectivity index (χ0n) is 16.7. The summed E-state index contributed by atoms with van der Waals surface area (Å²) in [5.74, 6) is 1.85. The van der Waals surface area contributed by atoms with Crippen molar-refractivity contribution in [3.8, 4) is 5.75 Å². The van der Waals surface area contributed by atoms with Gasteiger partial charge < -0.3 is 14.6 Å². The maximum absolute atomic E-state index is 10.8. The molecule has 1 saturated heterocycles. The Morgan fingerprint density at radius 2 is 1.36 bits per heavy atom. The first-order valence-electron chi connectivity index (χ1n) is 9.67. The molecule has 0 bridgehead atoms. The Balaban J connectivity index is 1.85. The predicted molar refractivity (Wildman–Crippen MR) is 101 cm³/mol. The molecule has 1 saturated carbocycles. The van der Waals surface area contributed by atoms with Gasteiger partial charge in [0.05, 0.1) is 13.2 Å². The van der Waals surface area contributed by atoms with Crippen molar-refractivity contribution < 1.29 is 14.6 Å². The summed E-state index contributed by atoms with van der Waals surface area (Å²) in [5, 5.41) is 10.8. The molecule has 3 rings (SSSR count). The number of phenolic OH excluding ortho intramolecular Hbond substituents is 1. The monoisotopic (exact) mass is 346 g/mol. The van der Waals surface area contributed by atoms with Crippen LogP contribution >= 0.6 is 0 Å². The molecule has 1 aliphatic heterocycles. The summed E-state index contributed by atoms with van der Waals surface area (Å²) in [6.07, 6.45) is 3.67. The average molecular weight is 347 g/mol. The molecule has 0 aromatic heterocycles. The van der Waals surface area contributed by atoms with E-state index in [4.69, 9.17) is 9.47 Å². The minimum atomic E-state index is -0.321. The molecule has 0 unspecified atom stereocenters. The molecule has 2 fully saturated rings. The van der Waals surface area contributed by atoms with Crippen LogP contribution in [-0.4, -0.2) is 18.3 Å². The first-order chi connectivity index (χ1) is 11.6. The molecular weight excluding hydrogens is 312 g/mol. The van der Waals surface area contributed by atoms with Gasteiger partial charge in [0.1, 0.15) is 5.75 Å². The summed E-state index contributed by atoms with van der Waals surface area (Å²) < 4.78 is 12.2. The molecule has 25 heavy (non-hydrogen) atoms. The number of ether oxygens (including phenoxy) is 2. The van der Waals surface area contributed by atoms with Crippen molar-refractivity contribution >= 4 is 0 Å². The maximum atomic E-state index is 10.8. The topological polar surface area (TPSA) is 38.7 Å². The van der Waals surface area contributed by atoms with E-state index in [1.165, 1.54) is 19.3 Å². The third-order valence-corrected chi connectivity index (χ3v) is 5.35. The third kappa shape index (κ3) is 4.38. The van der Waals surface area contributed by atoms with Gasteiger partial charge in [0.2, 0.25) is 0 Å². The molecule has 140 valence electrons. The lowest BCUT2D eigenvalue weighted by atomic mass is 9.78. The minimum absolute atomic E-state index is 0.136. The van der Waals surface area contributed by atoms with Crippen LogP contribution in [0.2, 0.25) is 0 Å². The second-order valence-corrected chi connectivity index (χ2v) is 10.0. The summed E-state index contributed by atoms with van der Waals surface area (Å²) in [5.41, 5.74) is 2.67. The van der Waals surface area contributed by atoms with Gasteiger partial charge in [-0.05, 0) is 46.4 Å². The van der Waals surface area contributed by atoms with E-state index in [9.17, 15) is 5.11 Å². The molecular formula is C22H34O3. The average Bonchev–Trinajstić information content (AvgIpc) is 3.30. The van der Waals surface area contributed by atoms with Crippen LogP contribution in [0.1, 0.15) is 83.8 Å². The van der Waals surface area contributed by atoms with Gasteiger partial charge in [0.25, 0.3) is 0 Å². The molecule has 0 spiro atoms. The van der Waals surface area contributed by atoms with Gasteiger partial charge >= 0.3 is 0 Å². The lowest BCUT2D eigenvalue weighted by molar-refractivity contribution is -0.206. The van der Waals surface area contributed by atoms with Crippen LogP contribution in [-0.2, 0) is 20.3 Å². The number of phenols is 1. The quantitative estimate of drug-likeness (QED) is 0.791. The van der Waals surface area contributed by atoms with E-state index in [1.54, 1.807) is 0 Å². The summed E-state index contributed by atoms with van der Waals surface area (Å²) in [6, 6.07) is 4.13. The van der Waals surface area contributed by atoms with Crippen LogP contribution in [0.15, 0.2) is 12.1 Å². The highest BCUT2D eigenvalue weighted by atomic mass is 16.7. The first-order valence-corrected chi connectivity index (χ1v) is 9.67. The Morgan fingerprint density at radius 1 is 0.880 bits per heavy atom. The SMILES string of the molecule is CC(C)(C)c1cc(C2OCC(CC3CC3)CO2)cc(C(C)(C)C)c1O. The van der Waals surface area contributed by atoms with Crippen molar-refractivity contribution in [2.75, 3.05) is 13.2 Å². The normalized spacial score (nSPS) is 25.2. The Morgan fingerprint density at radius 3 is 1.76 bits per heavy atom. The van der Waals surface area contributed by atoms with Crippen molar-refractivity contribution in [2.45, 2.75) is 77.9 Å². The van der Waals surface area contributed by atoms with E-state index in [0.29, 0.717) is 11.7 Å². The fraction of sp³-hybridized carbons (Fsp3) is 0.727. The Kier molecular flexibility index (Phi) is 4.93. The lowest BCUT2D eigenvalue weighted by Gasteiger charge is -2.33. The van der Waals surface area contributed by atoms with Crippen molar-refractivity contribution in [3.05, 3.63) is 28.8 Å². The standard InChI is InChI=1S/C22H34O3/c1-21(2,3)17-10-16(11-18(19(17)23)22(4,5)6)20-24-12-15(13-25-20)9-14-7-8-14/h10-11,14-15,20,23H,7-9,12-13H2,1-6H3. The Hall–Kier alpha value is -1.06. The molecule has 0 atom stereocenters. The van der Waals surface area contributed by atoms with E-state index in [2.05, 4.69) is 53.7 Å². The molecule has 1 aliphatic carbocycles. The Labute approximate surface area is 152 Å². The third-order valence-electron chi connectivity index (χ3n) is 5.35. The van der Waals surface area contributed by atoms with Gasteiger partial charge in [0, 0.05) is 11.5 Å². The molecule has 0 amide bonds. The van der Waals surface area contributed by atoms with Crippen molar-refractivity contribution in [3.63, 3.8) is 0 Å². The first kappa shape index (κ1) is 18.7. The van der Waals surface area contributed by atoms with Crippen LogP contribution in [0.4, 0.5) is 0 Å². The predicted octanol–water partition coefficient (Wildman–Crippen LogP) is 5.45. The molecule has 3 nitrogen and oxygen atoms in total. The van der Waals surface area contributed by atoms with Crippen LogP contribution in [0.25, 0.3) is 0 Å². The van der Waals surface area contributed by atoms with Gasteiger partial charge in [0.15, 0.2) is 6.29 Å². The number of rotatable bonds is 3. The second-order valence-electron chi connectivity index (χ2n) is 10.0. The van der Waals surface area contributed by atoms with Crippen LogP contribution in [0, 0.1) is 11.8 Å². The summed E-state index contributed by atoms with van der Waals surface area (Å²) in [6.45, 7) is 14.3. The van der Waals surface area contributed by atoms with E-state index >= 15 is 0 Å². The zero-order valence-corrected chi connectivity index (χ0v) is 16.7. The van der Waals surface area contributed by atoms with Gasteiger partial charge in [-0.15, -0.1) is 0 Å². The van der Waals surface area contributed by atoms with Crippen molar-refractivity contribution in [1.29, 1.82) is 0 Å². The van der Waals surface area contributed by atoms with Crippen molar-refractivity contribution in [1.82, 2.24) is 0 Å². The molecule has 1 heterocycles. The fourth-order valence-corrected chi connectivity index (χ4v) is 3.63. The number of hydrogen-bond acceptors (Lipinski definition) is 3. The number of aromatic hydroxyl groups is 1. The minimum Gasteiger partial charge on any atom is -0.507 e. The van der Waals surface area contributed by atoms with Crippen LogP contribution in [0.3, 0.4) is 0 Å². The highest BCUT2D eigenvalue weighted by Gasteiger charge is 2.32. The van der Waals surface area contributed by atoms with E-state index in [-0.39, 0.29) is 17.1 Å². The molecule has 1 aromatic carbocycles. The Bertz CT molecular complexity index is 574. The second kappa shape index (κ2) is 6.59. The van der Waals surface area contributed by atoms with Gasteiger partial charge in [-0.1, -0.05) is 54.4 Å². The van der Waals surface area contributed by atoms with Gasteiger partial charge in [-0.3, -0.25) is 0 Å². The molecule has 1 aromatic rings. The highest BCUT2D eigenvalue weighted by Crippen LogP contribution is 2.43. The molecule has 0 radical (unpaired) electrons. The van der Waals surface area contributed by atoms with Gasteiger partial charge in [-0.2, -0.15) is 0 Å². The number of benzene rings is 1. The van der Waals surface area contributed by atoms with Crippen LogP contribution in [0.5, 0.6) is 5.75 Å². The molecule has 1 N–H and O–H groups in total. The summed E-state index contributed by atoms with van der Waals surface area (Å²) >= 11 is 0. The number of hydrogen-bond donors (Lipinski definition) is 1. The smallest absolute Gasteiger partial charge is 0.183 e. The largest absolute Gasteiger partial charge is 0.507 e. The zero-order chi connectivity index (χ0) is 18.4. The van der Waals surface area contributed by atoms with Crippen LogP contribution < -0.4 is 0 Å². The maximum Gasteiger partial charge on any atom is 0.183 e.